The van der Waals surface area contributed by atoms with Gasteiger partial charge in [-0.25, -0.2) is 4.98 Å². The summed E-state index contributed by atoms with van der Waals surface area (Å²) in [5.74, 6) is 0.435. The van der Waals surface area contributed by atoms with Crippen molar-refractivity contribution >= 4 is 53.8 Å². The molecule has 1 aliphatic rings. The van der Waals surface area contributed by atoms with Gasteiger partial charge in [0.25, 0.3) is 0 Å². The molecule has 0 radical (unpaired) electrons. The Hall–Kier alpha value is -2.89. The van der Waals surface area contributed by atoms with Crippen molar-refractivity contribution in [1.29, 1.82) is 5.26 Å². The van der Waals surface area contributed by atoms with Crippen LogP contribution >= 0.6 is 37.2 Å². The van der Waals surface area contributed by atoms with Gasteiger partial charge in [-0.2, -0.15) is 10.4 Å². The Morgan fingerprint density at radius 3 is 2.48 bits per heavy atom. The molecule has 3 N–H and O–H groups in total. The number of nitriles is 1. The van der Waals surface area contributed by atoms with E-state index in [1.54, 1.807) is 18.5 Å². The summed E-state index contributed by atoms with van der Waals surface area (Å²) in [7, 11) is 0. The molecule has 3 aromatic heterocycles. The smallest absolute Gasteiger partial charge is 0.132 e. The van der Waals surface area contributed by atoms with Gasteiger partial charge in [-0.05, 0) is 55.6 Å². The molecule has 4 heterocycles. The minimum absolute atomic E-state index is 0. The lowest BCUT2D eigenvalue weighted by atomic mass is 10.0. The molecule has 1 fully saturated rings. The zero-order valence-electron chi connectivity index (χ0n) is 17.6. The number of benzene rings is 1. The van der Waals surface area contributed by atoms with Crippen molar-refractivity contribution < 1.29 is 0 Å². The highest BCUT2D eigenvalue weighted by molar-refractivity contribution is 5.88. The fraction of sp³-hybridized carbons (Fsp3) is 0.217. The van der Waals surface area contributed by atoms with Gasteiger partial charge in [0, 0.05) is 40.7 Å². The van der Waals surface area contributed by atoms with E-state index in [9.17, 15) is 0 Å². The zero-order chi connectivity index (χ0) is 20.5. The lowest BCUT2D eigenvalue weighted by molar-refractivity contribution is 0.343. The molecule has 10 heteroatoms. The number of halogens is 3. The minimum atomic E-state index is 0. The first kappa shape index (κ1) is 26.4. The number of piperidine rings is 1. The van der Waals surface area contributed by atoms with Crippen molar-refractivity contribution in [2.75, 3.05) is 18.8 Å². The van der Waals surface area contributed by atoms with Crippen molar-refractivity contribution in [1.82, 2.24) is 25.1 Å². The number of hydrogen-bond donors (Lipinski definition) is 2. The number of nitrogens with one attached hydrogen (secondary N) is 1. The van der Waals surface area contributed by atoms with Crippen molar-refractivity contribution in [3.63, 3.8) is 0 Å². The van der Waals surface area contributed by atoms with Crippen molar-refractivity contribution in [2.24, 2.45) is 0 Å². The molecule has 33 heavy (non-hydrogen) atoms. The predicted molar refractivity (Wildman–Crippen MR) is 138 cm³/mol. The minimum Gasteiger partial charge on any atom is -0.383 e. The SMILES string of the molecule is Cl.Cl.Cl.N#Cc1ccc2cc(-c3cc(-c4cnn(C5CCNCC5)c4)cnc3N)ncc2c1. The van der Waals surface area contributed by atoms with Crippen LogP contribution in [0.25, 0.3) is 33.2 Å². The number of rotatable bonds is 3. The Bertz CT molecular complexity index is 1280. The Balaban J connectivity index is 0.00000128. The number of nitrogens with zero attached hydrogens (tertiary/aromatic N) is 5. The molecule has 0 spiro atoms. The van der Waals surface area contributed by atoms with E-state index in [0.717, 1.165) is 59.1 Å². The third-order valence-corrected chi connectivity index (χ3v) is 5.66. The largest absolute Gasteiger partial charge is 0.383 e. The molecule has 1 aliphatic heterocycles. The van der Waals surface area contributed by atoms with E-state index in [4.69, 9.17) is 11.0 Å². The molecule has 0 saturated carbocycles. The lowest BCUT2D eigenvalue weighted by Crippen LogP contribution is -2.29. The zero-order valence-corrected chi connectivity index (χ0v) is 20.1. The van der Waals surface area contributed by atoms with E-state index in [0.29, 0.717) is 17.4 Å². The maximum absolute atomic E-state index is 9.08. The normalized spacial score (nSPS) is 13.3. The Kier molecular flexibility index (Phi) is 9.03. The number of nitrogens with two attached hydrogens (primary N) is 1. The first-order valence-corrected chi connectivity index (χ1v) is 10.0. The van der Waals surface area contributed by atoms with E-state index in [-0.39, 0.29) is 37.2 Å². The van der Waals surface area contributed by atoms with Gasteiger partial charge in [-0.15, -0.1) is 37.2 Å². The number of anilines is 1. The van der Waals surface area contributed by atoms with Crippen molar-refractivity contribution in [2.45, 2.75) is 18.9 Å². The first-order chi connectivity index (χ1) is 14.7. The third kappa shape index (κ3) is 5.37. The lowest BCUT2D eigenvalue weighted by Gasteiger charge is -2.22. The number of aromatic nitrogens is 4. The first-order valence-electron chi connectivity index (χ1n) is 10.0. The Morgan fingerprint density at radius 1 is 0.939 bits per heavy atom. The van der Waals surface area contributed by atoms with Crippen LogP contribution in [0.5, 0.6) is 0 Å². The number of nitrogen functional groups attached to an aromatic ring is 1. The fourth-order valence-electron chi connectivity index (χ4n) is 3.95. The molecule has 172 valence electrons. The van der Waals surface area contributed by atoms with Gasteiger partial charge >= 0.3 is 0 Å². The summed E-state index contributed by atoms with van der Waals surface area (Å²) in [5.41, 5.74) is 10.3. The highest BCUT2D eigenvalue weighted by Gasteiger charge is 2.17. The predicted octanol–water partition coefficient (Wildman–Crippen LogP) is 4.80. The molecular weight excluding hydrogens is 481 g/mol. The van der Waals surface area contributed by atoms with Crippen LogP contribution in [-0.2, 0) is 0 Å². The molecule has 0 atom stereocenters. The van der Waals surface area contributed by atoms with Crippen molar-refractivity contribution in [3.8, 4) is 28.5 Å². The van der Waals surface area contributed by atoms with Crippen LogP contribution in [-0.4, -0.2) is 32.8 Å². The average Bonchev–Trinajstić information content (AvgIpc) is 3.30. The summed E-state index contributed by atoms with van der Waals surface area (Å²) in [5, 5.41) is 19.0. The summed E-state index contributed by atoms with van der Waals surface area (Å²) >= 11 is 0. The van der Waals surface area contributed by atoms with Gasteiger partial charge in [0.1, 0.15) is 5.82 Å². The van der Waals surface area contributed by atoms with E-state index < -0.39 is 0 Å². The van der Waals surface area contributed by atoms with Crippen LogP contribution < -0.4 is 11.1 Å². The van der Waals surface area contributed by atoms with Crippen LogP contribution in [0.1, 0.15) is 24.4 Å². The van der Waals surface area contributed by atoms with E-state index in [1.807, 2.05) is 30.5 Å². The number of pyridine rings is 2. The van der Waals surface area contributed by atoms with Crippen LogP contribution in [0.3, 0.4) is 0 Å². The fourth-order valence-corrected chi connectivity index (χ4v) is 3.95. The molecule has 0 unspecified atom stereocenters. The van der Waals surface area contributed by atoms with Gasteiger partial charge in [0.2, 0.25) is 0 Å². The third-order valence-electron chi connectivity index (χ3n) is 5.66. The number of hydrogen-bond acceptors (Lipinski definition) is 6. The van der Waals surface area contributed by atoms with E-state index >= 15 is 0 Å². The van der Waals surface area contributed by atoms with Crippen molar-refractivity contribution in [3.05, 3.63) is 60.7 Å². The Labute approximate surface area is 210 Å². The van der Waals surface area contributed by atoms with E-state index in [1.165, 1.54) is 0 Å². The highest BCUT2D eigenvalue weighted by atomic mass is 35.5. The second-order valence-corrected chi connectivity index (χ2v) is 7.59. The Morgan fingerprint density at radius 2 is 1.73 bits per heavy atom. The molecule has 0 amide bonds. The van der Waals surface area contributed by atoms with Crippen LogP contribution in [0.2, 0.25) is 0 Å². The topological polar surface area (TPSA) is 105 Å². The molecule has 1 saturated heterocycles. The molecule has 4 aromatic rings. The van der Waals surface area contributed by atoms with Crippen LogP contribution in [0.4, 0.5) is 5.82 Å². The maximum Gasteiger partial charge on any atom is 0.132 e. The van der Waals surface area contributed by atoms with Gasteiger partial charge < -0.3 is 11.1 Å². The molecule has 5 rings (SSSR count). The van der Waals surface area contributed by atoms with E-state index in [2.05, 4.69) is 37.3 Å². The number of fused-ring (bicyclic) bond motifs is 1. The monoisotopic (exact) mass is 503 g/mol. The molecule has 0 aliphatic carbocycles. The standard InChI is InChI=1S/C23H21N7.3ClH/c24-10-15-1-2-16-9-22(27-11-17(16)7-15)21-8-18(12-28-23(21)25)19-13-29-30(14-19)20-3-5-26-6-4-20;;;/h1-2,7-9,11-14,20,26H,3-6H2,(H2,25,28);3*1H. The molecule has 1 aromatic carbocycles. The molecule has 0 bridgehead atoms. The quantitative estimate of drug-likeness (QED) is 0.415. The summed E-state index contributed by atoms with van der Waals surface area (Å²) in [4.78, 5) is 8.98. The summed E-state index contributed by atoms with van der Waals surface area (Å²) in [6.45, 7) is 2.05. The summed E-state index contributed by atoms with van der Waals surface area (Å²) in [6.07, 6.45) is 9.69. The second-order valence-electron chi connectivity index (χ2n) is 7.59. The molecular formula is C23H24Cl3N7. The molecule has 7 nitrogen and oxygen atoms in total. The van der Waals surface area contributed by atoms with Gasteiger partial charge in [0.05, 0.1) is 29.6 Å². The van der Waals surface area contributed by atoms with Gasteiger partial charge in [-0.1, -0.05) is 6.07 Å². The highest BCUT2D eigenvalue weighted by Crippen LogP contribution is 2.31. The average molecular weight is 505 g/mol. The van der Waals surface area contributed by atoms with Gasteiger partial charge in [0.15, 0.2) is 0 Å². The summed E-state index contributed by atoms with van der Waals surface area (Å²) < 4.78 is 2.06. The summed E-state index contributed by atoms with van der Waals surface area (Å²) in [6, 6.07) is 12.1. The second kappa shape index (κ2) is 11.3. The van der Waals surface area contributed by atoms with Gasteiger partial charge in [-0.3, -0.25) is 9.67 Å². The van der Waals surface area contributed by atoms with Crippen LogP contribution in [0, 0.1) is 11.3 Å². The maximum atomic E-state index is 9.08. The van der Waals surface area contributed by atoms with Crippen LogP contribution in [0.15, 0.2) is 55.1 Å².